The van der Waals surface area contributed by atoms with Crippen molar-refractivity contribution in [2.24, 2.45) is 5.90 Å². The molecule has 1 heterocycles. The molecular weight excluding hydrogens is 200 g/mol. The maximum atomic E-state index is 5.29. The number of anilines is 1. The average molecular weight is 220 g/mol. The average Bonchev–Trinajstić information content (AvgIpc) is 2.29. The van der Waals surface area contributed by atoms with Crippen molar-refractivity contribution in [2.75, 3.05) is 18.0 Å². The topological polar surface area (TPSA) is 38.5 Å². The zero-order valence-electron chi connectivity index (χ0n) is 10.1. The molecule has 0 amide bonds. The van der Waals surface area contributed by atoms with E-state index in [4.69, 9.17) is 10.7 Å². The highest BCUT2D eigenvalue weighted by Gasteiger charge is 2.22. The smallest absolute Gasteiger partial charge is 0.0962 e. The third-order valence-electron chi connectivity index (χ3n) is 3.33. The number of nitrogens with zero attached hydrogens (tertiary/aromatic N) is 1. The maximum Gasteiger partial charge on any atom is 0.0962 e. The highest BCUT2D eigenvalue weighted by Crippen LogP contribution is 2.27. The van der Waals surface area contributed by atoms with Crippen molar-refractivity contribution < 1.29 is 4.84 Å². The molecule has 1 aromatic carbocycles. The molecule has 0 aliphatic carbocycles. The van der Waals surface area contributed by atoms with E-state index in [1.807, 2.05) is 0 Å². The number of benzene rings is 1. The van der Waals surface area contributed by atoms with Crippen LogP contribution in [0.3, 0.4) is 0 Å². The van der Waals surface area contributed by atoms with Crippen LogP contribution in [0.5, 0.6) is 0 Å². The summed E-state index contributed by atoms with van der Waals surface area (Å²) in [6.07, 6.45) is 2.39. The van der Waals surface area contributed by atoms with E-state index < -0.39 is 0 Å². The summed E-state index contributed by atoms with van der Waals surface area (Å²) < 4.78 is 0. The zero-order chi connectivity index (χ0) is 11.5. The number of nitrogens with two attached hydrogens (primary N) is 1. The fourth-order valence-corrected chi connectivity index (χ4v) is 2.56. The molecule has 0 aromatic heterocycles. The summed E-state index contributed by atoms with van der Waals surface area (Å²) in [4.78, 5) is 7.38. The van der Waals surface area contributed by atoms with Gasteiger partial charge >= 0.3 is 0 Å². The Morgan fingerprint density at radius 2 is 2.00 bits per heavy atom. The van der Waals surface area contributed by atoms with E-state index in [2.05, 4.69) is 36.9 Å². The number of rotatable bonds is 2. The molecular formula is C13H20N2O. The maximum absolute atomic E-state index is 5.29. The van der Waals surface area contributed by atoms with Gasteiger partial charge in [-0.05, 0) is 37.8 Å². The summed E-state index contributed by atoms with van der Waals surface area (Å²) in [7, 11) is 0. The summed E-state index contributed by atoms with van der Waals surface area (Å²) in [5.74, 6) is 5.29. The molecule has 1 aliphatic rings. The molecule has 0 saturated carbocycles. The van der Waals surface area contributed by atoms with Crippen LogP contribution in [0.2, 0.25) is 0 Å². The lowest BCUT2D eigenvalue weighted by Crippen LogP contribution is -2.41. The lowest BCUT2D eigenvalue weighted by molar-refractivity contribution is 0.0434. The van der Waals surface area contributed by atoms with E-state index in [0.29, 0.717) is 0 Å². The Bertz CT molecular complexity index is 345. The molecule has 0 radical (unpaired) electrons. The highest BCUT2D eigenvalue weighted by atomic mass is 16.6. The summed E-state index contributed by atoms with van der Waals surface area (Å²) in [6.45, 7) is 6.33. The molecule has 1 atom stereocenters. The molecule has 1 saturated heterocycles. The second-order valence-corrected chi connectivity index (χ2v) is 4.59. The third kappa shape index (κ3) is 2.20. The van der Waals surface area contributed by atoms with E-state index in [9.17, 15) is 0 Å². The highest BCUT2D eigenvalue weighted by molar-refractivity contribution is 5.59. The molecule has 2 N–H and O–H groups in total. The van der Waals surface area contributed by atoms with Gasteiger partial charge in [-0.3, -0.25) is 4.84 Å². The monoisotopic (exact) mass is 220 g/mol. The van der Waals surface area contributed by atoms with Gasteiger partial charge in [-0.15, -0.1) is 0 Å². The van der Waals surface area contributed by atoms with Gasteiger partial charge in [0.1, 0.15) is 0 Å². The first-order valence-electron chi connectivity index (χ1n) is 5.89. The normalized spacial score (nSPS) is 21.2. The van der Waals surface area contributed by atoms with Crippen molar-refractivity contribution >= 4 is 5.69 Å². The Morgan fingerprint density at radius 1 is 1.31 bits per heavy atom. The Kier molecular flexibility index (Phi) is 3.46. The number of aryl methyl sites for hydroxylation is 2. The van der Waals surface area contributed by atoms with Crippen LogP contribution < -0.4 is 10.8 Å². The standard InChI is InChI=1S/C13H20N2O/c1-10-5-3-6-11(2)13(10)15-8-4-7-12(9-15)16-14/h3,5-6,12H,4,7-9,14H2,1-2H3. The molecule has 0 bridgehead atoms. The summed E-state index contributed by atoms with van der Waals surface area (Å²) in [5.41, 5.74) is 4.01. The summed E-state index contributed by atoms with van der Waals surface area (Å²) in [5, 5.41) is 0. The fourth-order valence-electron chi connectivity index (χ4n) is 2.56. The van der Waals surface area contributed by atoms with Gasteiger partial charge in [0.05, 0.1) is 6.10 Å². The predicted octanol–water partition coefficient (Wildman–Crippen LogP) is 2.16. The fraction of sp³-hybridized carbons (Fsp3) is 0.538. The van der Waals surface area contributed by atoms with Crippen LogP contribution in [0, 0.1) is 13.8 Å². The van der Waals surface area contributed by atoms with Crippen LogP contribution >= 0.6 is 0 Å². The summed E-state index contributed by atoms with van der Waals surface area (Å²) >= 11 is 0. The number of hydrogen-bond acceptors (Lipinski definition) is 3. The van der Waals surface area contributed by atoms with Crippen molar-refractivity contribution in [1.82, 2.24) is 0 Å². The molecule has 3 nitrogen and oxygen atoms in total. The molecule has 1 unspecified atom stereocenters. The second-order valence-electron chi connectivity index (χ2n) is 4.59. The van der Waals surface area contributed by atoms with Crippen molar-refractivity contribution in [1.29, 1.82) is 0 Å². The number of piperidine rings is 1. The molecule has 16 heavy (non-hydrogen) atoms. The largest absolute Gasteiger partial charge is 0.368 e. The van der Waals surface area contributed by atoms with Crippen molar-refractivity contribution in [3.8, 4) is 0 Å². The lowest BCUT2D eigenvalue weighted by atomic mass is 10.0. The molecule has 3 heteroatoms. The molecule has 88 valence electrons. The molecule has 1 aliphatic heterocycles. The van der Waals surface area contributed by atoms with Crippen molar-refractivity contribution in [3.63, 3.8) is 0 Å². The van der Waals surface area contributed by atoms with Crippen LogP contribution in [0.1, 0.15) is 24.0 Å². The Labute approximate surface area is 97.1 Å². The van der Waals surface area contributed by atoms with Gasteiger partial charge in [0.2, 0.25) is 0 Å². The Morgan fingerprint density at radius 3 is 2.62 bits per heavy atom. The van der Waals surface area contributed by atoms with Crippen LogP contribution in [0.4, 0.5) is 5.69 Å². The van der Waals surface area contributed by atoms with Gasteiger partial charge in [-0.25, -0.2) is 5.90 Å². The van der Waals surface area contributed by atoms with Crippen LogP contribution in [-0.4, -0.2) is 19.2 Å². The van der Waals surface area contributed by atoms with E-state index in [0.717, 1.165) is 25.9 Å². The van der Waals surface area contributed by atoms with E-state index in [1.54, 1.807) is 0 Å². The van der Waals surface area contributed by atoms with Gasteiger partial charge in [-0.2, -0.15) is 0 Å². The number of para-hydroxylation sites is 1. The Hall–Kier alpha value is -1.06. The third-order valence-corrected chi connectivity index (χ3v) is 3.33. The molecule has 0 spiro atoms. The predicted molar refractivity (Wildman–Crippen MR) is 66.4 cm³/mol. The van der Waals surface area contributed by atoms with Gasteiger partial charge < -0.3 is 4.90 Å². The van der Waals surface area contributed by atoms with Crippen LogP contribution in [0.25, 0.3) is 0 Å². The number of hydrogen-bond donors (Lipinski definition) is 1. The quantitative estimate of drug-likeness (QED) is 0.776. The first-order valence-corrected chi connectivity index (χ1v) is 5.89. The molecule has 1 aromatic rings. The zero-order valence-corrected chi connectivity index (χ0v) is 10.1. The first kappa shape index (κ1) is 11.4. The van der Waals surface area contributed by atoms with Crippen molar-refractivity contribution in [3.05, 3.63) is 29.3 Å². The van der Waals surface area contributed by atoms with Gasteiger partial charge in [0.15, 0.2) is 0 Å². The molecule has 2 rings (SSSR count). The van der Waals surface area contributed by atoms with Gasteiger partial charge in [-0.1, -0.05) is 18.2 Å². The van der Waals surface area contributed by atoms with Crippen LogP contribution in [-0.2, 0) is 4.84 Å². The minimum absolute atomic E-state index is 0.174. The molecule has 1 fully saturated rings. The summed E-state index contributed by atoms with van der Waals surface area (Å²) in [6, 6.07) is 6.43. The lowest BCUT2D eigenvalue weighted by Gasteiger charge is -2.35. The van der Waals surface area contributed by atoms with Gasteiger partial charge in [0, 0.05) is 18.8 Å². The van der Waals surface area contributed by atoms with Gasteiger partial charge in [0.25, 0.3) is 0 Å². The minimum Gasteiger partial charge on any atom is -0.368 e. The second kappa shape index (κ2) is 4.85. The minimum atomic E-state index is 0.174. The van der Waals surface area contributed by atoms with E-state index in [1.165, 1.54) is 16.8 Å². The van der Waals surface area contributed by atoms with E-state index in [-0.39, 0.29) is 6.10 Å². The van der Waals surface area contributed by atoms with Crippen LogP contribution in [0.15, 0.2) is 18.2 Å². The SMILES string of the molecule is Cc1cccc(C)c1N1CCCC(ON)C1. The first-order chi connectivity index (χ1) is 7.72. The van der Waals surface area contributed by atoms with E-state index >= 15 is 0 Å². The van der Waals surface area contributed by atoms with Crippen molar-refractivity contribution in [2.45, 2.75) is 32.8 Å². The Balaban J connectivity index is 2.23.